The summed E-state index contributed by atoms with van der Waals surface area (Å²) in [4.78, 5) is 7.83. The number of anilines is 2. The van der Waals surface area contributed by atoms with Gasteiger partial charge in [0.1, 0.15) is 0 Å². The molecule has 0 unspecified atom stereocenters. The molecule has 5 nitrogen and oxygen atoms in total. The molecule has 6 heteroatoms. The normalized spacial score (nSPS) is 17.9. The molecule has 3 N–H and O–H groups in total. The molecule has 0 radical (unpaired) electrons. The first-order valence-electron chi connectivity index (χ1n) is 5.22. The fourth-order valence-corrected chi connectivity index (χ4v) is 1.91. The van der Waals surface area contributed by atoms with Gasteiger partial charge >= 0.3 is 0 Å². The first-order chi connectivity index (χ1) is 7.65. The molecule has 1 aromatic rings. The Balaban J connectivity index is 2.01. The largest absolute Gasteiger partial charge is 0.394 e. The molecule has 1 saturated carbocycles. The highest BCUT2D eigenvalue weighted by atomic mass is 35.5. The molecule has 0 aliphatic heterocycles. The van der Waals surface area contributed by atoms with Crippen molar-refractivity contribution in [2.45, 2.75) is 24.9 Å². The monoisotopic (exact) mass is 242 g/mol. The zero-order chi connectivity index (χ0) is 11.6. The zero-order valence-corrected chi connectivity index (χ0v) is 9.92. The van der Waals surface area contributed by atoms with Crippen molar-refractivity contribution in [3.8, 4) is 0 Å². The van der Waals surface area contributed by atoms with Crippen molar-refractivity contribution in [2.24, 2.45) is 0 Å². The molecule has 0 atom stereocenters. The number of rotatable bonds is 4. The van der Waals surface area contributed by atoms with E-state index in [2.05, 4.69) is 15.3 Å². The van der Waals surface area contributed by atoms with Gasteiger partial charge in [0.2, 0.25) is 5.28 Å². The summed E-state index contributed by atoms with van der Waals surface area (Å²) in [5, 5.41) is 3.35. The predicted octanol–water partition coefficient (Wildman–Crippen LogP) is 1.69. The van der Waals surface area contributed by atoms with E-state index in [1.54, 1.807) is 7.11 Å². The summed E-state index contributed by atoms with van der Waals surface area (Å²) in [6.07, 6.45) is 4.83. The first kappa shape index (κ1) is 11.4. The lowest BCUT2D eigenvalue weighted by Gasteiger charge is -2.40. The molecule has 1 aromatic heterocycles. The Morgan fingerprint density at radius 3 is 2.94 bits per heavy atom. The Morgan fingerprint density at radius 1 is 1.62 bits per heavy atom. The molecular weight excluding hydrogens is 228 g/mol. The molecule has 0 amide bonds. The molecule has 2 rings (SSSR count). The van der Waals surface area contributed by atoms with Crippen LogP contribution in [0.5, 0.6) is 0 Å². The third-order valence-corrected chi connectivity index (χ3v) is 3.25. The van der Waals surface area contributed by atoms with E-state index in [1.807, 2.05) is 0 Å². The second kappa shape index (κ2) is 4.43. The number of ether oxygens (including phenoxy) is 1. The minimum absolute atomic E-state index is 0.0656. The lowest BCUT2D eigenvalue weighted by Crippen LogP contribution is -2.45. The van der Waals surface area contributed by atoms with E-state index >= 15 is 0 Å². The highest BCUT2D eigenvalue weighted by Crippen LogP contribution is 2.35. The number of nitrogen functional groups attached to an aromatic ring is 1. The van der Waals surface area contributed by atoms with E-state index in [9.17, 15) is 0 Å². The molecule has 0 aromatic carbocycles. The van der Waals surface area contributed by atoms with Crippen LogP contribution in [0.3, 0.4) is 0 Å². The highest BCUT2D eigenvalue weighted by molar-refractivity contribution is 6.28. The van der Waals surface area contributed by atoms with Crippen LogP contribution in [0.4, 0.5) is 11.5 Å². The van der Waals surface area contributed by atoms with E-state index in [0.29, 0.717) is 18.1 Å². The number of halogens is 1. The van der Waals surface area contributed by atoms with Gasteiger partial charge in [-0.2, -0.15) is 4.98 Å². The number of methoxy groups -OCH3 is 1. The summed E-state index contributed by atoms with van der Waals surface area (Å²) in [5.41, 5.74) is 6.16. The van der Waals surface area contributed by atoms with Crippen molar-refractivity contribution in [3.63, 3.8) is 0 Å². The van der Waals surface area contributed by atoms with Gasteiger partial charge in [0.25, 0.3) is 0 Å². The van der Waals surface area contributed by atoms with Crippen molar-refractivity contribution >= 4 is 23.1 Å². The summed E-state index contributed by atoms with van der Waals surface area (Å²) in [6.45, 7) is 0.695. The van der Waals surface area contributed by atoms with Gasteiger partial charge in [-0.05, 0) is 30.9 Å². The quantitative estimate of drug-likeness (QED) is 0.787. The van der Waals surface area contributed by atoms with Crippen molar-refractivity contribution < 1.29 is 4.74 Å². The Hall–Kier alpha value is -1.07. The van der Waals surface area contributed by atoms with Gasteiger partial charge in [0.05, 0.1) is 17.5 Å². The number of hydrogen-bond donors (Lipinski definition) is 2. The van der Waals surface area contributed by atoms with Crippen LogP contribution in [-0.2, 0) is 4.74 Å². The molecule has 1 aliphatic carbocycles. The summed E-state index contributed by atoms with van der Waals surface area (Å²) in [5.74, 6) is 0.573. The number of aromatic nitrogens is 2. The Kier molecular flexibility index (Phi) is 3.16. The second-order valence-corrected chi connectivity index (χ2v) is 4.38. The zero-order valence-electron chi connectivity index (χ0n) is 9.16. The van der Waals surface area contributed by atoms with Gasteiger partial charge < -0.3 is 15.8 Å². The highest BCUT2D eigenvalue weighted by Gasteiger charge is 2.36. The van der Waals surface area contributed by atoms with Crippen LogP contribution in [0.15, 0.2) is 6.20 Å². The number of nitrogens with two attached hydrogens (primary N) is 1. The van der Waals surface area contributed by atoms with Crippen LogP contribution in [0.2, 0.25) is 5.28 Å². The molecule has 1 fully saturated rings. The maximum atomic E-state index is 5.73. The summed E-state index contributed by atoms with van der Waals surface area (Å²) >= 11 is 5.70. The molecule has 0 saturated heterocycles. The van der Waals surface area contributed by atoms with Gasteiger partial charge in [-0.15, -0.1) is 0 Å². The molecular formula is C10H15ClN4O. The average molecular weight is 243 g/mol. The molecule has 88 valence electrons. The number of nitrogens with one attached hydrogen (secondary N) is 1. The van der Waals surface area contributed by atoms with E-state index in [0.717, 1.165) is 12.8 Å². The van der Waals surface area contributed by atoms with E-state index in [4.69, 9.17) is 22.1 Å². The lowest BCUT2D eigenvalue weighted by atomic mass is 9.80. The maximum Gasteiger partial charge on any atom is 0.224 e. The third kappa shape index (κ3) is 2.20. The Bertz CT molecular complexity index is 376. The molecule has 0 spiro atoms. The van der Waals surface area contributed by atoms with Crippen LogP contribution in [0, 0.1) is 0 Å². The molecule has 1 heterocycles. The standard InChI is InChI=1S/C10H15ClN4O/c1-16-10(3-2-4-10)6-14-8-7(12)5-13-9(11)15-8/h5H,2-4,6,12H2,1H3,(H,13,14,15). The molecule has 1 aliphatic rings. The van der Waals surface area contributed by atoms with Gasteiger partial charge in [0.15, 0.2) is 5.82 Å². The maximum absolute atomic E-state index is 5.73. The summed E-state index contributed by atoms with van der Waals surface area (Å²) < 4.78 is 5.49. The molecule has 16 heavy (non-hydrogen) atoms. The van der Waals surface area contributed by atoms with Gasteiger partial charge in [0, 0.05) is 13.7 Å². The summed E-state index contributed by atoms with van der Waals surface area (Å²) in [6, 6.07) is 0. The fourth-order valence-electron chi connectivity index (χ4n) is 1.78. The van der Waals surface area contributed by atoms with Crippen LogP contribution >= 0.6 is 11.6 Å². The van der Waals surface area contributed by atoms with E-state index in [1.165, 1.54) is 12.6 Å². The summed E-state index contributed by atoms with van der Waals surface area (Å²) in [7, 11) is 1.73. The van der Waals surface area contributed by atoms with Crippen molar-refractivity contribution in [3.05, 3.63) is 11.5 Å². The number of nitrogens with zero attached hydrogens (tertiary/aromatic N) is 2. The fraction of sp³-hybridized carbons (Fsp3) is 0.600. The first-order valence-corrected chi connectivity index (χ1v) is 5.60. The second-order valence-electron chi connectivity index (χ2n) is 4.04. The van der Waals surface area contributed by atoms with Crippen LogP contribution in [-0.4, -0.2) is 29.2 Å². The lowest BCUT2D eigenvalue weighted by molar-refractivity contribution is -0.0601. The van der Waals surface area contributed by atoms with E-state index in [-0.39, 0.29) is 10.9 Å². The third-order valence-electron chi connectivity index (χ3n) is 3.06. The predicted molar refractivity (Wildman–Crippen MR) is 63.5 cm³/mol. The smallest absolute Gasteiger partial charge is 0.224 e. The van der Waals surface area contributed by atoms with Gasteiger partial charge in [-0.25, -0.2) is 4.98 Å². The Morgan fingerprint density at radius 2 is 2.38 bits per heavy atom. The minimum atomic E-state index is -0.0656. The van der Waals surface area contributed by atoms with E-state index < -0.39 is 0 Å². The minimum Gasteiger partial charge on any atom is -0.394 e. The van der Waals surface area contributed by atoms with Crippen molar-refractivity contribution in [1.29, 1.82) is 0 Å². The average Bonchev–Trinajstić information content (AvgIpc) is 2.22. The van der Waals surface area contributed by atoms with Crippen molar-refractivity contribution in [1.82, 2.24) is 9.97 Å². The molecule has 0 bridgehead atoms. The Labute approximate surface area is 99.4 Å². The van der Waals surface area contributed by atoms with Crippen LogP contribution < -0.4 is 11.1 Å². The SMILES string of the molecule is COC1(CNc2nc(Cl)ncc2N)CCC1. The van der Waals surface area contributed by atoms with Crippen molar-refractivity contribution in [2.75, 3.05) is 24.7 Å². The van der Waals surface area contributed by atoms with Crippen LogP contribution in [0.1, 0.15) is 19.3 Å². The van der Waals surface area contributed by atoms with Crippen LogP contribution in [0.25, 0.3) is 0 Å². The van der Waals surface area contributed by atoms with Gasteiger partial charge in [-0.1, -0.05) is 0 Å². The number of hydrogen-bond acceptors (Lipinski definition) is 5. The van der Waals surface area contributed by atoms with Gasteiger partial charge in [-0.3, -0.25) is 0 Å². The topological polar surface area (TPSA) is 73.1 Å².